The first-order valence-electron chi connectivity index (χ1n) is 10.4. The molecule has 0 saturated carbocycles. The number of rotatable bonds is 11. The van der Waals surface area contributed by atoms with E-state index in [9.17, 15) is 9.59 Å². The fraction of sp³-hybridized carbons (Fsp3) is 0.417. The molecule has 0 saturated heterocycles. The summed E-state index contributed by atoms with van der Waals surface area (Å²) in [5.74, 6) is 0.826. The third-order valence-electron chi connectivity index (χ3n) is 5.00. The molecule has 0 spiro atoms. The van der Waals surface area contributed by atoms with Crippen molar-refractivity contribution < 1.29 is 19.1 Å². The maximum Gasteiger partial charge on any atom is 0.261 e. The van der Waals surface area contributed by atoms with Crippen LogP contribution in [0.25, 0.3) is 0 Å². The van der Waals surface area contributed by atoms with Crippen LogP contribution in [-0.4, -0.2) is 43.0 Å². The average molecular weight is 447 g/mol. The van der Waals surface area contributed by atoms with Crippen molar-refractivity contribution >= 4 is 23.4 Å². The number of nitrogens with one attached hydrogen (secondary N) is 1. The summed E-state index contributed by atoms with van der Waals surface area (Å²) < 4.78 is 10.9. The third kappa shape index (κ3) is 7.47. The van der Waals surface area contributed by atoms with Gasteiger partial charge in [-0.05, 0) is 61.7 Å². The van der Waals surface area contributed by atoms with Crippen molar-refractivity contribution in [1.82, 2.24) is 10.2 Å². The zero-order valence-corrected chi connectivity index (χ0v) is 19.4. The molecule has 0 bridgehead atoms. The molecule has 2 aromatic carbocycles. The number of nitrogens with zero attached hydrogens (tertiary/aromatic N) is 1. The Morgan fingerprint density at radius 1 is 1.13 bits per heavy atom. The van der Waals surface area contributed by atoms with Crippen molar-refractivity contribution in [2.24, 2.45) is 0 Å². The molecule has 2 aromatic rings. The highest BCUT2D eigenvalue weighted by atomic mass is 35.5. The summed E-state index contributed by atoms with van der Waals surface area (Å²) >= 11 is 6.05. The molecule has 0 aromatic heterocycles. The molecule has 0 aliphatic heterocycles. The molecule has 1 atom stereocenters. The lowest BCUT2D eigenvalue weighted by Gasteiger charge is -2.29. The van der Waals surface area contributed by atoms with Crippen molar-refractivity contribution in [1.29, 1.82) is 0 Å². The standard InChI is InChI=1S/C24H31ClN2O4/c1-5-6-13-26-24(29)18(3)27(15-19-7-9-20(30-4)10-8-19)23(28)16-31-21-11-12-22(25)17(2)14-21/h7-12,14,18H,5-6,13,15-16H2,1-4H3,(H,26,29)/t18-/m0/s1. The highest BCUT2D eigenvalue weighted by Crippen LogP contribution is 2.21. The number of ether oxygens (including phenoxy) is 2. The molecule has 0 aliphatic carbocycles. The normalized spacial score (nSPS) is 11.5. The van der Waals surface area contributed by atoms with Crippen molar-refractivity contribution in [3.8, 4) is 11.5 Å². The van der Waals surface area contributed by atoms with Gasteiger partial charge in [0, 0.05) is 18.1 Å². The number of unbranched alkanes of at least 4 members (excludes halogenated alkanes) is 1. The lowest BCUT2D eigenvalue weighted by atomic mass is 10.1. The van der Waals surface area contributed by atoms with Crippen LogP contribution < -0.4 is 14.8 Å². The summed E-state index contributed by atoms with van der Waals surface area (Å²) in [7, 11) is 1.60. The molecular weight excluding hydrogens is 416 g/mol. The van der Waals surface area contributed by atoms with Gasteiger partial charge >= 0.3 is 0 Å². The summed E-state index contributed by atoms with van der Waals surface area (Å²) in [5.41, 5.74) is 1.76. The maximum atomic E-state index is 13.0. The molecule has 0 aliphatic rings. The summed E-state index contributed by atoms with van der Waals surface area (Å²) in [6, 6.07) is 12.0. The number of aryl methyl sites for hydroxylation is 1. The van der Waals surface area contributed by atoms with Crippen LogP contribution in [0.1, 0.15) is 37.8 Å². The monoisotopic (exact) mass is 446 g/mol. The average Bonchev–Trinajstić information content (AvgIpc) is 2.78. The van der Waals surface area contributed by atoms with E-state index >= 15 is 0 Å². The van der Waals surface area contributed by atoms with Gasteiger partial charge < -0.3 is 19.7 Å². The van der Waals surface area contributed by atoms with Crippen LogP contribution in [0.3, 0.4) is 0 Å². The SMILES string of the molecule is CCCCNC(=O)[C@H](C)N(Cc1ccc(OC)cc1)C(=O)COc1ccc(Cl)c(C)c1. The number of halogens is 1. The number of benzene rings is 2. The van der Waals surface area contributed by atoms with Crippen LogP contribution in [0.5, 0.6) is 11.5 Å². The molecule has 0 fully saturated rings. The Hall–Kier alpha value is -2.73. The number of hydrogen-bond acceptors (Lipinski definition) is 4. The first-order valence-corrected chi connectivity index (χ1v) is 10.8. The molecule has 0 radical (unpaired) electrons. The molecule has 6 nitrogen and oxygen atoms in total. The van der Waals surface area contributed by atoms with Crippen LogP contribution in [0, 0.1) is 6.92 Å². The predicted molar refractivity (Wildman–Crippen MR) is 123 cm³/mol. The van der Waals surface area contributed by atoms with Gasteiger partial charge in [0.1, 0.15) is 17.5 Å². The highest BCUT2D eigenvalue weighted by Gasteiger charge is 2.26. The van der Waals surface area contributed by atoms with Gasteiger partial charge in [0.05, 0.1) is 7.11 Å². The van der Waals surface area contributed by atoms with E-state index in [1.165, 1.54) is 4.90 Å². The van der Waals surface area contributed by atoms with Crippen molar-refractivity contribution in [2.75, 3.05) is 20.3 Å². The van der Waals surface area contributed by atoms with E-state index in [2.05, 4.69) is 12.2 Å². The number of hydrogen-bond donors (Lipinski definition) is 1. The molecule has 0 heterocycles. The minimum absolute atomic E-state index is 0.177. The van der Waals surface area contributed by atoms with Gasteiger partial charge in [-0.3, -0.25) is 9.59 Å². The number of methoxy groups -OCH3 is 1. The third-order valence-corrected chi connectivity index (χ3v) is 5.42. The molecule has 1 N–H and O–H groups in total. The van der Waals surface area contributed by atoms with E-state index in [1.807, 2.05) is 31.2 Å². The van der Waals surface area contributed by atoms with Crippen LogP contribution in [-0.2, 0) is 16.1 Å². The minimum atomic E-state index is -0.637. The molecule has 2 amide bonds. The summed E-state index contributed by atoms with van der Waals surface area (Å²) in [6.07, 6.45) is 1.88. The fourth-order valence-corrected chi connectivity index (χ4v) is 3.10. The first-order chi connectivity index (χ1) is 14.8. The zero-order valence-electron chi connectivity index (χ0n) is 18.6. The van der Waals surface area contributed by atoms with E-state index in [4.69, 9.17) is 21.1 Å². The smallest absolute Gasteiger partial charge is 0.261 e. The van der Waals surface area contributed by atoms with Gasteiger partial charge in [-0.1, -0.05) is 37.1 Å². The lowest BCUT2D eigenvalue weighted by molar-refractivity contribution is -0.142. The Morgan fingerprint density at radius 2 is 1.81 bits per heavy atom. The van der Waals surface area contributed by atoms with E-state index in [-0.39, 0.29) is 25.0 Å². The second-order valence-corrected chi connectivity index (χ2v) is 7.80. The van der Waals surface area contributed by atoms with Crippen LogP contribution >= 0.6 is 11.6 Å². The van der Waals surface area contributed by atoms with E-state index < -0.39 is 6.04 Å². The van der Waals surface area contributed by atoms with Gasteiger partial charge in [0.25, 0.3) is 5.91 Å². The number of carbonyl (C=O) groups excluding carboxylic acids is 2. The molecule has 7 heteroatoms. The Bertz CT molecular complexity index is 870. The van der Waals surface area contributed by atoms with Crippen LogP contribution in [0.2, 0.25) is 5.02 Å². The van der Waals surface area contributed by atoms with E-state index in [0.717, 1.165) is 29.7 Å². The number of carbonyl (C=O) groups is 2. The second-order valence-electron chi connectivity index (χ2n) is 7.39. The Balaban J connectivity index is 2.12. The topological polar surface area (TPSA) is 67.9 Å². The Kier molecular flexibility index (Phi) is 9.66. The largest absolute Gasteiger partial charge is 0.497 e. The lowest BCUT2D eigenvalue weighted by Crippen LogP contribution is -2.49. The highest BCUT2D eigenvalue weighted by molar-refractivity contribution is 6.31. The zero-order chi connectivity index (χ0) is 22.8. The molecule has 168 valence electrons. The second kappa shape index (κ2) is 12.2. The van der Waals surface area contributed by atoms with Gasteiger partial charge in [-0.2, -0.15) is 0 Å². The van der Waals surface area contributed by atoms with Gasteiger partial charge in [-0.15, -0.1) is 0 Å². The number of amides is 2. The Labute approximate surface area is 189 Å². The quantitative estimate of drug-likeness (QED) is 0.520. The maximum absolute atomic E-state index is 13.0. The van der Waals surface area contributed by atoms with Gasteiger partial charge in [0.2, 0.25) is 5.91 Å². The van der Waals surface area contributed by atoms with Crippen molar-refractivity contribution in [2.45, 2.75) is 46.2 Å². The summed E-state index contributed by atoms with van der Waals surface area (Å²) in [4.78, 5) is 27.2. The van der Waals surface area contributed by atoms with E-state index in [1.54, 1.807) is 32.2 Å². The van der Waals surface area contributed by atoms with E-state index in [0.29, 0.717) is 17.3 Å². The molecule has 31 heavy (non-hydrogen) atoms. The van der Waals surface area contributed by atoms with Gasteiger partial charge in [-0.25, -0.2) is 0 Å². The molecule has 2 rings (SSSR count). The van der Waals surface area contributed by atoms with Gasteiger partial charge in [0.15, 0.2) is 6.61 Å². The fourth-order valence-electron chi connectivity index (χ4n) is 2.98. The van der Waals surface area contributed by atoms with Crippen LogP contribution in [0.4, 0.5) is 0 Å². The van der Waals surface area contributed by atoms with Crippen molar-refractivity contribution in [3.05, 3.63) is 58.6 Å². The van der Waals surface area contributed by atoms with Crippen molar-refractivity contribution in [3.63, 3.8) is 0 Å². The summed E-state index contributed by atoms with van der Waals surface area (Å²) in [6.45, 7) is 6.36. The summed E-state index contributed by atoms with van der Waals surface area (Å²) in [5, 5.41) is 3.54. The first kappa shape index (κ1) is 24.5. The molecule has 0 unspecified atom stereocenters. The van der Waals surface area contributed by atoms with Crippen LogP contribution in [0.15, 0.2) is 42.5 Å². The molecular formula is C24H31ClN2O4. The minimum Gasteiger partial charge on any atom is -0.497 e. The predicted octanol–water partition coefficient (Wildman–Crippen LogP) is 4.37. The Morgan fingerprint density at radius 3 is 2.42 bits per heavy atom.